The molecule has 3 heterocycles. The second-order valence-electron chi connectivity index (χ2n) is 7.01. The van der Waals surface area contributed by atoms with Gasteiger partial charge >= 0.3 is 6.18 Å². The van der Waals surface area contributed by atoms with E-state index < -0.39 is 17.4 Å². The van der Waals surface area contributed by atoms with Crippen LogP contribution in [0.2, 0.25) is 0 Å². The summed E-state index contributed by atoms with van der Waals surface area (Å²) in [5, 5.41) is 3.61. The summed E-state index contributed by atoms with van der Waals surface area (Å²) in [6.45, 7) is 0. The van der Waals surface area contributed by atoms with E-state index in [-0.39, 0.29) is 34.1 Å². The molecule has 8 nitrogen and oxygen atoms in total. The summed E-state index contributed by atoms with van der Waals surface area (Å²) >= 11 is 0. The van der Waals surface area contributed by atoms with Gasteiger partial charge in [-0.1, -0.05) is 36.4 Å². The van der Waals surface area contributed by atoms with Gasteiger partial charge in [0.15, 0.2) is 22.4 Å². The molecule has 11 heteroatoms. The lowest BCUT2D eigenvalue weighted by Crippen LogP contribution is -2.19. The molecule has 0 atom stereocenters. The molecule has 0 aliphatic heterocycles. The Balaban J connectivity index is 1.85. The van der Waals surface area contributed by atoms with Gasteiger partial charge in [0.25, 0.3) is 5.56 Å². The number of para-hydroxylation sites is 1. The van der Waals surface area contributed by atoms with Gasteiger partial charge in [0, 0.05) is 0 Å². The summed E-state index contributed by atoms with van der Waals surface area (Å²) in [6.07, 6.45) is -4.81. The number of oxazole rings is 1. The van der Waals surface area contributed by atoms with Crippen molar-refractivity contribution in [1.29, 1.82) is 0 Å². The second-order valence-corrected chi connectivity index (χ2v) is 7.01. The van der Waals surface area contributed by atoms with Crippen LogP contribution in [0.25, 0.3) is 39.3 Å². The van der Waals surface area contributed by atoms with Gasteiger partial charge in [0.1, 0.15) is 11.4 Å². The van der Waals surface area contributed by atoms with Crippen molar-refractivity contribution in [3.63, 3.8) is 0 Å². The lowest BCUT2D eigenvalue weighted by Gasteiger charge is -2.08. The monoisotopic (exact) mass is 456 g/mol. The maximum Gasteiger partial charge on any atom is 0.435 e. The minimum atomic E-state index is -4.81. The molecule has 0 saturated heterocycles. The lowest BCUT2D eigenvalue weighted by molar-refractivity contribution is -0.140. The molecular formula is C22H15F3N4O4. The average Bonchev–Trinajstić information content (AvgIpc) is 3.41. The summed E-state index contributed by atoms with van der Waals surface area (Å²) in [5.74, 6) is 0.132. The van der Waals surface area contributed by atoms with Crippen LogP contribution in [-0.4, -0.2) is 33.8 Å². The van der Waals surface area contributed by atoms with Gasteiger partial charge < -0.3 is 18.9 Å². The third kappa shape index (κ3) is 3.20. The molecule has 33 heavy (non-hydrogen) atoms. The number of aromatic amines is 1. The van der Waals surface area contributed by atoms with Crippen molar-refractivity contribution < 1.29 is 27.1 Å². The quantitative estimate of drug-likeness (QED) is 0.427. The van der Waals surface area contributed by atoms with Crippen LogP contribution in [0.15, 0.2) is 57.7 Å². The zero-order valence-corrected chi connectivity index (χ0v) is 17.2. The number of H-pyrrole nitrogens is 1. The standard InChI is InChI=1S/C22H15F3N4O4/c1-31-12-9-6-10-13-16(12)26-20(33-13)15-19(32-2)27-18-14(11-7-4-3-5-8-11)17(22(23,24)25)28-29(18)21(15)30/h3-10,27H,1-2H3. The average molecular weight is 456 g/mol. The Morgan fingerprint density at radius 1 is 1.00 bits per heavy atom. The Hall–Kier alpha value is -4.28. The largest absolute Gasteiger partial charge is 0.494 e. The van der Waals surface area contributed by atoms with Gasteiger partial charge in [-0.2, -0.15) is 22.8 Å². The first-order valence-corrected chi connectivity index (χ1v) is 9.63. The molecule has 2 aromatic carbocycles. The molecule has 0 amide bonds. The Morgan fingerprint density at radius 3 is 2.42 bits per heavy atom. The van der Waals surface area contributed by atoms with Gasteiger partial charge in [-0.3, -0.25) is 4.79 Å². The van der Waals surface area contributed by atoms with Gasteiger partial charge in [0.05, 0.1) is 19.8 Å². The molecule has 0 radical (unpaired) electrons. The number of benzene rings is 2. The normalized spacial score (nSPS) is 11.9. The zero-order valence-electron chi connectivity index (χ0n) is 17.2. The number of fused-ring (bicyclic) bond motifs is 2. The SMILES string of the molecule is COc1[nH]c2c(-c3ccccc3)c(C(F)(F)F)nn2c(=O)c1-c1nc2c(OC)cccc2o1. The predicted octanol–water partition coefficient (Wildman–Crippen LogP) is 4.53. The topological polar surface area (TPSA) is 94.7 Å². The van der Waals surface area contributed by atoms with Crippen LogP contribution in [0.1, 0.15) is 5.69 Å². The number of methoxy groups -OCH3 is 2. The molecule has 5 rings (SSSR count). The van der Waals surface area contributed by atoms with Gasteiger partial charge in [0.2, 0.25) is 11.8 Å². The van der Waals surface area contributed by atoms with E-state index in [1.807, 2.05) is 0 Å². The Morgan fingerprint density at radius 2 is 1.76 bits per heavy atom. The molecular weight excluding hydrogens is 441 g/mol. The highest BCUT2D eigenvalue weighted by molar-refractivity contribution is 5.84. The molecule has 0 aliphatic carbocycles. The van der Waals surface area contributed by atoms with Crippen molar-refractivity contribution in [3.8, 4) is 34.2 Å². The van der Waals surface area contributed by atoms with Crippen LogP contribution < -0.4 is 15.0 Å². The lowest BCUT2D eigenvalue weighted by atomic mass is 10.1. The molecule has 0 unspecified atom stereocenters. The summed E-state index contributed by atoms with van der Waals surface area (Å²) in [5.41, 5.74) is -1.85. The number of nitrogens with zero attached hydrogens (tertiary/aromatic N) is 3. The first-order valence-electron chi connectivity index (χ1n) is 9.63. The maximum atomic E-state index is 13.9. The highest BCUT2D eigenvalue weighted by Gasteiger charge is 2.40. The van der Waals surface area contributed by atoms with Crippen LogP contribution in [-0.2, 0) is 6.18 Å². The van der Waals surface area contributed by atoms with Crippen molar-refractivity contribution >= 4 is 16.7 Å². The third-order valence-electron chi connectivity index (χ3n) is 5.10. The van der Waals surface area contributed by atoms with E-state index in [0.29, 0.717) is 21.4 Å². The highest BCUT2D eigenvalue weighted by Crippen LogP contribution is 2.39. The van der Waals surface area contributed by atoms with Gasteiger partial charge in [-0.15, -0.1) is 0 Å². The first-order chi connectivity index (χ1) is 15.8. The number of halogens is 3. The Bertz CT molecular complexity index is 1550. The second kappa shape index (κ2) is 7.40. The number of rotatable bonds is 4. The van der Waals surface area contributed by atoms with E-state index in [2.05, 4.69) is 15.1 Å². The van der Waals surface area contributed by atoms with E-state index in [1.54, 1.807) is 36.4 Å². The molecule has 0 bridgehead atoms. The maximum absolute atomic E-state index is 13.9. The molecule has 3 aromatic heterocycles. The number of hydrogen-bond donors (Lipinski definition) is 1. The van der Waals surface area contributed by atoms with Crippen molar-refractivity contribution in [1.82, 2.24) is 19.6 Å². The van der Waals surface area contributed by atoms with E-state index in [9.17, 15) is 18.0 Å². The molecule has 1 N–H and O–H groups in total. The summed E-state index contributed by atoms with van der Waals surface area (Å²) in [7, 11) is 2.73. The minimum Gasteiger partial charge on any atom is -0.494 e. The fraction of sp³-hybridized carbons (Fsp3) is 0.136. The minimum absolute atomic E-state index is 0.121. The predicted molar refractivity (Wildman–Crippen MR) is 112 cm³/mol. The fourth-order valence-corrected chi connectivity index (χ4v) is 3.67. The van der Waals surface area contributed by atoms with Crippen LogP contribution in [0.3, 0.4) is 0 Å². The molecule has 0 fully saturated rings. The fourth-order valence-electron chi connectivity index (χ4n) is 3.67. The number of hydrogen-bond acceptors (Lipinski definition) is 6. The summed E-state index contributed by atoms with van der Waals surface area (Å²) < 4.78 is 58.5. The van der Waals surface area contributed by atoms with Gasteiger partial charge in [-0.05, 0) is 17.7 Å². The number of ether oxygens (including phenoxy) is 2. The smallest absolute Gasteiger partial charge is 0.435 e. The highest BCUT2D eigenvalue weighted by atomic mass is 19.4. The summed E-state index contributed by atoms with van der Waals surface area (Å²) in [4.78, 5) is 20.4. The number of alkyl halides is 3. The van der Waals surface area contributed by atoms with E-state index in [0.717, 1.165) is 0 Å². The summed E-state index contributed by atoms with van der Waals surface area (Å²) in [6, 6.07) is 12.8. The van der Waals surface area contributed by atoms with Crippen LogP contribution in [0.5, 0.6) is 11.6 Å². The molecule has 0 spiro atoms. The van der Waals surface area contributed by atoms with E-state index >= 15 is 0 Å². The Kier molecular flexibility index (Phi) is 4.62. The third-order valence-corrected chi connectivity index (χ3v) is 5.10. The van der Waals surface area contributed by atoms with Crippen molar-refractivity contribution in [2.45, 2.75) is 6.18 Å². The number of nitrogens with one attached hydrogen (secondary N) is 1. The molecule has 168 valence electrons. The van der Waals surface area contributed by atoms with Crippen LogP contribution in [0, 0.1) is 0 Å². The van der Waals surface area contributed by atoms with Gasteiger partial charge in [-0.25, -0.2) is 4.98 Å². The van der Waals surface area contributed by atoms with E-state index in [4.69, 9.17) is 13.9 Å². The molecule has 0 aliphatic rings. The Labute approximate surface area is 183 Å². The van der Waals surface area contributed by atoms with Crippen molar-refractivity contribution in [2.24, 2.45) is 0 Å². The molecule has 0 saturated carbocycles. The van der Waals surface area contributed by atoms with E-state index in [1.165, 1.54) is 26.4 Å². The zero-order chi connectivity index (χ0) is 23.3. The molecule has 5 aromatic rings. The van der Waals surface area contributed by atoms with Crippen LogP contribution in [0.4, 0.5) is 13.2 Å². The first kappa shape index (κ1) is 20.6. The van der Waals surface area contributed by atoms with Crippen LogP contribution >= 0.6 is 0 Å². The number of aromatic nitrogens is 4. The van der Waals surface area contributed by atoms with Crippen molar-refractivity contribution in [3.05, 3.63) is 64.6 Å². The van der Waals surface area contributed by atoms with Crippen molar-refractivity contribution in [2.75, 3.05) is 14.2 Å².